The number of carbonyl (C=O) groups is 2. The molecule has 3 aromatic rings. The predicted molar refractivity (Wildman–Crippen MR) is 123 cm³/mol. The summed E-state index contributed by atoms with van der Waals surface area (Å²) in [6, 6.07) is 17.5. The van der Waals surface area contributed by atoms with Gasteiger partial charge in [0.1, 0.15) is 0 Å². The molecule has 0 saturated heterocycles. The second-order valence-electron chi connectivity index (χ2n) is 8.41. The van der Waals surface area contributed by atoms with Crippen LogP contribution in [0.5, 0.6) is 0 Å². The van der Waals surface area contributed by atoms with Crippen LogP contribution in [0, 0.1) is 6.92 Å². The lowest BCUT2D eigenvalue weighted by Gasteiger charge is -2.34. The SMILES string of the molecule is CC1=C(C(=O)Nc2ccc(C)cc2)[C@H](c2ccc3c4c(cccc24)CC3)NC(=O)N1C. The topological polar surface area (TPSA) is 61.4 Å². The van der Waals surface area contributed by atoms with Gasteiger partial charge in [0.15, 0.2) is 0 Å². The first-order valence-corrected chi connectivity index (χ1v) is 10.6. The van der Waals surface area contributed by atoms with Crippen molar-refractivity contribution in [3.05, 3.63) is 88.1 Å². The van der Waals surface area contributed by atoms with Crippen LogP contribution in [-0.4, -0.2) is 23.9 Å². The summed E-state index contributed by atoms with van der Waals surface area (Å²) in [6.07, 6.45) is 2.07. The van der Waals surface area contributed by atoms with Gasteiger partial charge in [-0.3, -0.25) is 4.79 Å². The molecule has 0 fully saturated rings. The Kier molecular flexibility index (Phi) is 4.54. The standard InChI is InChI=1S/C26H25N3O2/c1-15-7-12-19(13-8-15)27-25(30)22-16(2)29(3)26(31)28-24(22)21-14-11-18-10-9-17-5-4-6-20(21)23(17)18/h4-8,11-14,24H,9-10H2,1-3H3,(H,27,30)(H,28,31)/t24-/m0/s1. The number of carbonyl (C=O) groups excluding carboxylic acids is 2. The summed E-state index contributed by atoms with van der Waals surface area (Å²) >= 11 is 0. The van der Waals surface area contributed by atoms with E-state index in [1.807, 2.05) is 38.1 Å². The summed E-state index contributed by atoms with van der Waals surface area (Å²) in [4.78, 5) is 27.6. The third-order valence-electron chi connectivity index (χ3n) is 6.53. The number of nitrogens with zero attached hydrogens (tertiary/aromatic N) is 1. The van der Waals surface area contributed by atoms with Gasteiger partial charge >= 0.3 is 6.03 Å². The number of nitrogens with one attached hydrogen (secondary N) is 2. The molecule has 2 aliphatic rings. The monoisotopic (exact) mass is 411 g/mol. The number of allylic oxidation sites excluding steroid dienone is 1. The minimum Gasteiger partial charge on any atom is -0.326 e. The van der Waals surface area contributed by atoms with Gasteiger partial charge in [-0.2, -0.15) is 0 Å². The largest absolute Gasteiger partial charge is 0.326 e. The normalized spacial score (nSPS) is 17.8. The first kappa shape index (κ1) is 19.4. The van der Waals surface area contributed by atoms with Crippen LogP contribution < -0.4 is 10.6 Å². The van der Waals surface area contributed by atoms with Crippen LogP contribution >= 0.6 is 0 Å². The lowest BCUT2D eigenvalue weighted by atomic mass is 9.89. The van der Waals surface area contributed by atoms with E-state index < -0.39 is 6.04 Å². The van der Waals surface area contributed by atoms with Gasteiger partial charge in [0, 0.05) is 18.4 Å². The van der Waals surface area contributed by atoms with Crippen LogP contribution in [0.25, 0.3) is 10.8 Å². The van der Waals surface area contributed by atoms with Gasteiger partial charge in [-0.15, -0.1) is 0 Å². The Hall–Kier alpha value is -3.60. The van der Waals surface area contributed by atoms with E-state index in [0.29, 0.717) is 11.3 Å². The molecular formula is C26H25N3O2. The molecule has 0 radical (unpaired) electrons. The molecule has 156 valence electrons. The van der Waals surface area contributed by atoms with E-state index in [1.165, 1.54) is 21.4 Å². The molecule has 31 heavy (non-hydrogen) atoms. The number of urea groups is 1. The Morgan fingerprint density at radius 3 is 2.45 bits per heavy atom. The summed E-state index contributed by atoms with van der Waals surface area (Å²) in [5, 5.41) is 8.45. The van der Waals surface area contributed by atoms with Gasteiger partial charge in [-0.1, -0.05) is 48.0 Å². The first-order valence-electron chi connectivity index (χ1n) is 10.6. The van der Waals surface area contributed by atoms with Gasteiger partial charge in [0.05, 0.1) is 11.6 Å². The van der Waals surface area contributed by atoms with E-state index in [-0.39, 0.29) is 11.9 Å². The Morgan fingerprint density at radius 2 is 1.71 bits per heavy atom. The maximum absolute atomic E-state index is 13.4. The van der Waals surface area contributed by atoms with Gasteiger partial charge in [-0.05, 0) is 66.3 Å². The van der Waals surface area contributed by atoms with E-state index >= 15 is 0 Å². The van der Waals surface area contributed by atoms with Crippen LogP contribution in [0.2, 0.25) is 0 Å². The highest BCUT2D eigenvalue weighted by Gasteiger charge is 2.35. The van der Waals surface area contributed by atoms with Crippen LogP contribution in [0.3, 0.4) is 0 Å². The number of amides is 3. The second kappa shape index (κ2) is 7.27. The molecule has 1 aliphatic heterocycles. The minimum absolute atomic E-state index is 0.207. The molecule has 5 rings (SSSR count). The van der Waals surface area contributed by atoms with Gasteiger partial charge in [-0.25, -0.2) is 4.79 Å². The zero-order valence-electron chi connectivity index (χ0n) is 18.0. The highest BCUT2D eigenvalue weighted by atomic mass is 16.2. The minimum atomic E-state index is -0.515. The summed E-state index contributed by atoms with van der Waals surface area (Å²) in [5.41, 5.74) is 6.69. The molecule has 5 nitrogen and oxygen atoms in total. The molecule has 0 aromatic heterocycles. The fourth-order valence-corrected chi connectivity index (χ4v) is 4.72. The molecular weight excluding hydrogens is 386 g/mol. The summed E-state index contributed by atoms with van der Waals surface area (Å²) in [7, 11) is 1.69. The Bertz CT molecular complexity index is 1250. The highest BCUT2D eigenvalue weighted by molar-refractivity contribution is 6.07. The Morgan fingerprint density at radius 1 is 1.00 bits per heavy atom. The zero-order valence-corrected chi connectivity index (χ0v) is 18.0. The van der Waals surface area contributed by atoms with Crippen molar-refractivity contribution < 1.29 is 9.59 Å². The molecule has 0 bridgehead atoms. The maximum Gasteiger partial charge on any atom is 0.322 e. The van der Waals surface area contributed by atoms with Crippen molar-refractivity contribution in [1.29, 1.82) is 0 Å². The number of anilines is 1. The van der Waals surface area contributed by atoms with Crippen molar-refractivity contribution >= 4 is 28.4 Å². The summed E-state index contributed by atoms with van der Waals surface area (Å²) in [5.74, 6) is -0.207. The van der Waals surface area contributed by atoms with Crippen molar-refractivity contribution in [3.63, 3.8) is 0 Å². The van der Waals surface area contributed by atoms with E-state index in [4.69, 9.17) is 0 Å². The maximum atomic E-state index is 13.4. The molecule has 2 N–H and O–H groups in total. The summed E-state index contributed by atoms with van der Waals surface area (Å²) < 4.78 is 0. The average Bonchev–Trinajstić information content (AvgIpc) is 3.18. The number of hydrogen-bond donors (Lipinski definition) is 2. The number of hydrogen-bond acceptors (Lipinski definition) is 2. The predicted octanol–water partition coefficient (Wildman–Crippen LogP) is 4.86. The fourth-order valence-electron chi connectivity index (χ4n) is 4.72. The third kappa shape index (κ3) is 3.17. The van der Waals surface area contributed by atoms with Gasteiger partial charge < -0.3 is 15.5 Å². The number of benzene rings is 3. The van der Waals surface area contributed by atoms with Crippen LogP contribution in [-0.2, 0) is 17.6 Å². The zero-order chi connectivity index (χ0) is 21.7. The van der Waals surface area contributed by atoms with Crippen molar-refractivity contribution in [2.45, 2.75) is 32.7 Å². The lowest BCUT2D eigenvalue weighted by molar-refractivity contribution is -0.113. The average molecular weight is 412 g/mol. The molecule has 0 spiro atoms. The fraction of sp³-hybridized carbons (Fsp3) is 0.231. The number of aryl methyl sites for hydroxylation is 3. The summed E-state index contributed by atoms with van der Waals surface area (Å²) in [6.45, 7) is 3.84. The van der Waals surface area contributed by atoms with E-state index in [0.717, 1.165) is 35.0 Å². The van der Waals surface area contributed by atoms with Crippen molar-refractivity contribution in [2.24, 2.45) is 0 Å². The lowest BCUT2D eigenvalue weighted by Crippen LogP contribution is -2.46. The van der Waals surface area contributed by atoms with Gasteiger partial charge in [0.25, 0.3) is 5.91 Å². The smallest absolute Gasteiger partial charge is 0.322 e. The molecule has 0 saturated carbocycles. The molecule has 3 amide bonds. The van der Waals surface area contributed by atoms with Crippen molar-refractivity contribution in [1.82, 2.24) is 10.2 Å². The van der Waals surface area contributed by atoms with Crippen molar-refractivity contribution in [3.8, 4) is 0 Å². The van der Waals surface area contributed by atoms with E-state index in [9.17, 15) is 9.59 Å². The molecule has 1 heterocycles. The molecule has 0 unspecified atom stereocenters. The van der Waals surface area contributed by atoms with Crippen LogP contribution in [0.15, 0.2) is 65.9 Å². The third-order valence-corrected chi connectivity index (χ3v) is 6.53. The van der Waals surface area contributed by atoms with Crippen LogP contribution in [0.1, 0.15) is 35.2 Å². The van der Waals surface area contributed by atoms with E-state index in [1.54, 1.807) is 7.05 Å². The second-order valence-corrected chi connectivity index (χ2v) is 8.41. The Labute approximate surface area is 181 Å². The Balaban J connectivity index is 1.62. The molecule has 1 atom stereocenters. The highest BCUT2D eigenvalue weighted by Crippen LogP contribution is 2.39. The molecule has 1 aliphatic carbocycles. The van der Waals surface area contributed by atoms with Crippen molar-refractivity contribution in [2.75, 3.05) is 12.4 Å². The first-order chi connectivity index (χ1) is 14.9. The van der Waals surface area contributed by atoms with Gasteiger partial charge in [0.2, 0.25) is 0 Å². The molecule has 3 aromatic carbocycles. The van der Waals surface area contributed by atoms with Crippen LogP contribution in [0.4, 0.5) is 10.5 Å². The number of rotatable bonds is 3. The molecule has 5 heteroatoms. The van der Waals surface area contributed by atoms with E-state index in [2.05, 4.69) is 41.0 Å². The quantitative estimate of drug-likeness (QED) is 0.647.